The molecule has 27 heavy (non-hydrogen) atoms. The zero-order valence-electron chi connectivity index (χ0n) is 16.5. The highest BCUT2D eigenvalue weighted by Crippen LogP contribution is 2.46. The number of benzene rings is 3. The number of halogens is 2. The van der Waals surface area contributed by atoms with Crippen LogP contribution >= 0.6 is 31.9 Å². The van der Waals surface area contributed by atoms with Crippen LogP contribution in [-0.2, 0) is 5.41 Å². The molecule has 0 unspecified atom stereocenters. The molecule has 2 N–H and O–H groups in total. The summed E-state index contributed by atoms with van der Waals surface area (Å²) in [6.07, 6.45) is 0. The Morgan fingerprint density at radius 3 is 1.30 bits per heavy atom. The molecule has 0 heterocycles. The second kappa shape index (κ2) is 7.44. The van der Waals surface area contributed by atoms with E-state index in [4.69, 9.17) is 5.73 Å². The van der Waals surface area contributed by atoms with Gasteiger partial charge in [0.15, 0.2) is 0 Å². The minimum atomic E-state index is -0.0337. The van der Waals surface area contributed by atoms with Crippen LogP contribution in [0.2, 0.25) is 0 Å². The zero-order valence-corrected chi connectivity index (χ0v) is 19.6. The molecule has 3 aromatic rings. The van der Waals surface area contributed by atoms with Gasteiger partial charge in [0.05, 0.1) is 0 Å². The number of nitrogens with two attached hydrogens (primary N) is 1. The van der Waals surface area contributed by atoms with Crippen molar-refractivity contribution in [1.82, 2.24) is 0 Å². The molecule has 0 aromatic heterocycles. The molecular formula is C24H25Br2N. The SMILES string of the molecule is Cc1c(N)c(C)c(-c2ccc(Br)cc2)c(C(C)(C)C)c1-c1ccc(Br)cc1. The number of hydrogen-bond donors (Lipinski definition) is 1. The molecule has 0 aliphatic heterocycles. The Balaban J connectivity index is 2.46. The molecule has 0 radical (unpaired) electrons. The number of rotatable bonds is 2. The van der Waals surface area contributed by atoms with E-state index in [9.17, 15) is 0 Å². The smallest absolute Gasteiger partial charge is 0.0386 e. The quantitative estimate of drug-likeness (QED) is 0.364. The first-order chi connectivity index (χ1) is 12.6. The van der Waals surface area contributed by atoms with Crippen molar-refractivity contribution in [3.63, 3.8) is 0 Å². The van der Waals surface area contributed by atoms with Crippen molar-refractivity contribution in [1.29, 1.82) is 0 Å². The molecule has 0 saturated carbocycles. The van der Waals surface area contributed by atoms with Crippen LogP contribution in [0.25, 0.3) is 22.3 Å². The summed E-state index contributed by atoms with van der Waals surface area (Å²) in [5, 5.41) is 0. The average molecular weight is 487 g/mol. The van der Waals surface area contributed by atoms with Gasteiger partial charge in [0.25, 0.3) is 0 Å². The Hall–Kier alpha value is -1.58. The molecule has 3 heteroatoms. The van der Waals surface area contributed by atoms with E-state index in [0.717, 1.165) is 25.8 Å². The summed E-state index contributed by atoms with van der Waals surface area (Å²) in [4.78, 5) is 0. The number of nitrogen functional groups attached to an aromatic ring is 1. The normalized spacial score (nSPS) is 11.7. The summed E-state index contributed by atoms with van der Waals surface area (Å²) < 4.78 is 2.16. The summed E-state index contributed by atoms with van der Waals surface area (Å²) in [6, 6.07) is 17.0. The molecular weight excluding hydrogens is 462 g/mol. The van der Waals surface area contributed by atoms with Crippen molar-refractivity contribution in [2.45, 2.75) is 40.0 Å². The third-order valence-corrected chi connectivity index (χ3v) is 6.13. The largest absolute Gasteiger partial charge is 0.398 e. The van der Waals surface area contributed by atoms with Crippen LogP contribution in [0.15, 0.2) is 57.5 Å². The molecule has 0 amide bonds. The monoisotopic (exact) mass is 485 g/mol. The third-order valence-electron chi connectivity index (χ3n) is 5.07. The van der Waals surface area contributed by atoms with Gasteiger partial charge >= 0.3 is 0 Å². The molecule has 0 saturated heterocycles. The van der Waals surface area contributed by atoms with E-state index < -0.39 is 0 Å². The molecule has 0 atom stereocenters. The summed E-state index contributed by atoms with van der Waals surface area (Å²) in [7, 11) is 0. The summed E-state index contributed by atoms with van der Waals surface area (Å²) in [5.74, 6) is 0. The Kier molecular flexibility index (Phi) is 5.56. The predicted octanol–water partition coefficient (Wildman–Crippen LogP) is 8.04. The first-order valence-electron chi connectivity index (χ1n) is 9.06. The van der Waals surface area contributed by atoms with Crippen LogP contribution in [0.3, 0.4) is 0 Å². The fourth-order valence-corrected chi connectivity index (χ4v) is 4.28. The van der Waals surface area contributed by atoms with E-state index in [2.05, 4.69) is 115 Å². The lowest BCUT2D eigenvalue weighted by molar-refractivity contribution is 0.593. The Labute approximate surface area is 179 Å². The van der Waals surface area contributed by atoms with Crippen molar-refractivity contribution >= 4 is 37.5 Å². The second-order valence-electron chi connectivity index (χ2n) is 8.05. The van der Waals surface area contributed by atoms with Gasteiger partial charge in [-0.3, -0.25) is 0 Å². The standard InChI is InChI=1S/C24H25Br2N/c1-14-20(16-6-10-18(25)11-7-16)22(24(3,4)5)21(15(2)23(14)27)17-8-12-19(26)13-9-17/h6-13H,27H2,1-5H3. The molecule has 3 rings (SSSR count). The Morgan fingerprint density at radius 1 is 0.667 bits per heavy atom. The first-order valence-corrected chi connectivity index (χ1v) is 10.6. The van der Waals surface area contributed by atoms with E-state index in [0.29, 0.717) is 0 Å². The predicted molar refractivity (Wildman–Crippen MR) is 125 cm³/mol. The van der Waals surface area contributed by atoms with Crippen molar-refractivity contribution in [2.75, 3.05) is 5.73 Å². The summed E-state index contributed by atoms with van der Waals surface area (Å²) in [6.45, 7) is 11.1. The molecule has 3 aromatic carbocycles. The van der Waals surface area contributed by atoms with Crippen molar-refractivity contribution < 1.29 is 0 Å². The minimum Gasteiger partial charge on any atom is -0.398 e. The van der Waals surface area contributed by atoms with Crippen LogP contribution < -0.4 is 5.73 Å². The second-order valence-corrected chi connectivity index (χ2v) is 9.88. The number of anilines is 1. The van der Waals surface area contributed by atoms with Gasteiger partial charge in [-0.2, -0.15) is 0 Å². The highest BCUT2D eigenvalue weighted by Gasteiger charge is 2.28. The average Bonchev–Trinajstić information content (AvgIpc) is 2.61. The van der Waals surface area contributed by atoms with E-state index in [1.807, 2.05) is 0 Å². The fourth-order valence-electron chi connectivity index (χ4n) is 3.76. The summed E-state index contributed by atoms with van der Waals surface area (Å²) in [5.41, 5.74) is 16.0. The maximum atomic E-state index is 6.61. The zero-order chi connectivity index (χ0) is 19.9. The van der Waals surface area contributed by atoms with E-state index in [1.54, 1.807) is 0 Å². The molecule has 140 valence electrons. The third kappa shape index (κ3) is 3.86. The Morgan fingerprint density at radius 2 is 1.00 bits per heavy atom. The van der Waals surface area contributed by atoms with Crippen molar-refractivity contribution in [3.05, 3.63) is 74.2 Å². The van der Waals surface area contributed by atoms with Crippen LogP contribution in [0.1, 0.15) is 37.5 Å². The fraction of sp³-hybridized carbons (Fsp3) is 0.250. The maximum absolute atomic E-state index is 6.61. The lowest BCUT2D eigenvalue weighted by atomic mass is 9.73. The van der Waals surface area contributed by atoms with Gasteiger partial charge < -0.3 is 5.73 Å². The van der Waals surface area contributed by atoms with E-state index in [1.165, 1.54) is 27.8 Å². The van der Waals surface area contributed by atoms with Crippen LogP contribution in [0, 0.1) is 13.8 Å². The minimum absolute atomic E-state index is 0.0337. The highest BCUT2D eigenvalue weighted by molar-refractivity contribution is 9.10. The molecule has 0 fully saturated rings. The van der Waals surface area contributed by atoms with Gasteiger partial charge in [0.1, 0.15) is 0 Å². The lowest BCUT2D eigenvalue weighted by Crippen LogP contribution is -2.17. The lowest BCUT2D eigenvalue weighted by Gasteiger charge is -2.31. The first kappa shape index (κ1) is 20.2. The van der Waals surface area contributed by atoms with Crippen LogP contribution in [-0.4, -0.2) is 0 Å². The maximum Gasteiger partial charge on any atom is 0.0386 e. The molecule has 0 spiro atoms. The van der Waals surface area contributed by atoms with Gasteiger partial charge in [-0.05, 0) is 82.5 Å². The Bertz CT molecular complexity index is 906. The van der Waals surface area contributed by atoms with E-state index >= 15 is 0 Å². The molecule has 0 aliphatic rings. The topological polar surface area (TPSA) is 26.0 Å². The molecule has 0 bridgehead atoms. The van der Waals surface area contributed by atoms with Gasteiger partial charge in [-0.15, -0.1) is 0 Å². The van der Waals surface area contributed by atoms with Crippen LogP contribution in [0.4, 0.5) is 5.69 Å². The van der Waals surface area contributed by atoms with Crippen LogP contribution in [0.5, 0.6) is 0 Å². The van der Waals surface area contributed by atoms with Crippen molar-refractivity contribution in [2.24, 2.45) is 0 Å². The number of hydrogen-bond acceptors (Lipinski definition) is 1. The van der Waals surface area contributed by atoms with Gasteiger partial charge in [0.2, 0.25) is 0 Å². The van der Waals surface area contributed by atoms with Gasteiger partial charge in [0, 0.05) is 14.6 Å². The van der Waals surface area contributed by atoms with Gasteiger partial charge in [-0.1, -0.05) is 76.9 Å². The molecule has 1 nitrogen and oxygen atoms in total. The van der Waals surface area contributed by atoms with E-state index in [-0.39, 0.29) is 5.41 Å². The highest BCUT2D eigenvalue weighted by atomic mass is 79.9. The molecule has 0 aliphatic carbocycles. The van der Waals surface area contributed by atoms with Crippen molar-refractivity contribution in [3.8, 4) is 22.3 Å². The van der Waals surface area contributed by atoms with Gasteiger partial charge in [-0.25, -0.2) is 0 Å². The summed E-state index contributed by atoms with van der Waals surface area (Å²) >= 11 is 7.10.